The van der Waals surface area contributed by atoms with Gasteiger partial charge in [-0.15, -0.1) is 0 Å². The van der Waals surface area contributed by atoms with Gasteiger partial charge in [-0.05, 0) is 31.5 Å². The highest BCUT2D eigenvalue weighted by atomic mass is 32.2. The first-order valence-corrected chi connectivity index (χ1v) is 8.81. The van der Waals surface area contributed by atoms with Crippen molar-refractivity contribution in [2.75, 3.05) is 5.75 Å². The maximum Gasteiger partial charge on any atom is 0.262 e. The Bertz CT molecular complexity index is 899. The van der Waals surface area contributed by atoms with Crippen molar-refractivity contribution in [3.05, 3.63) is 70.5 Å². The number of nitrogens with zero attached hydrogens (tertiary/aromatic N) is 2. The van der Waals surface area contributed by atoms with Gasteiger partial charge in [-0.2, -0.15) is 0 Å². The molecule has 24 heavy (non-hydrogen) atoms. The van der Waals surface area contributed by atoms with E-state index < -0.39 is 5.60 Å². The van der Waals surface area contributed by atoms with E-state index in [0.29, 0.717) is 28.4 Å². The first kappa shape index (κ1) is 16.7. The summed E-state index contributed by atoms with van der Waals surface area (Å²) in [7, 11) is 0. The molecule has 0 aliphatic rings. The lowest BCUT2D eigenvalue weighted by atomic mass is 10.2. The van der Waals surface area contributed by atoms with Crippen LogP contribution in [0.25, 0.3) is 10.9 Å². The summed E-state index contributed by atoms with van der Waals surface area (Å²) in [4.78, 5) is 17.6. The fourth-order valence-electron chi connectivity index (χ4n) is 2.40. The molecule has 1 aromatic heterocycles. The van der Waals surface area contributed by atoms with E-state index in [1.165, 1.54) is 11.8 Å². The van der Waals surface area contributed by atoms with Crippen molar-refractivity contribution < 1.29 is 5.11 Å². The minimum Gasteiger partial charge on any atom is -0.390 e. The van der Waals surface area contributed by atoms with Gasteiger partial charge in [0.2, 0.25) is 0 Å². The standard InChI is InChI=1S/C19H20N2O2S/c1-19(2,23)13-24-18-20-16-11-7-6-10-15(16)17(22)21(18)12-14-8-4-3-5-9-14/h3-11,23H,12-13H2,1-2H3. The Labute approximate surface area is 145 Å². The van der Waals surface area contributed by atoms with Gasteiger partial charge in [0, 0.05) is 5.75 Å². The molecule has 3 rings (SSSR count). The zero-order valence-corrected chi connectivity index (χ0v) is 14.6. The first-order valence-electron chi connectivity index (χ1n) is 7.83. The van der Waals surface area contributed by atoms with Crippen molar-refractivity contribution in [2.45, 2.75) is 31.1 Å². The van der Waals surface area contributed by atoms with E-state index in [2.05, 4.69) is 4.98 Å². The Kier molecular flexibility index (Phi) is 4.73. The van der Waals surface area contributed by atoms with Crippen LogP contribution in [-0.4, -0.2) is 26.0 Å². The fourth-order valence-corrected chi connectivity index (χ4v) is 3.35. The largest absolute Gasteiger partial charge is 0.390 e. The molecule has 1 N–H and O–H groups in total. The van der Waals surface area contributed by atoms with Crippen molar-refractivity contribution in [3.8, 4) is 0 Å². The van der Waals surface area contributed by atoms with Gasteiger partial charge in [-0.1, -0.05) is 54.2 Å². The van der Waals surface area contributed by atoms with Crippen LogP contribution in [0.4, 0.5) is 0 Å². The molecule has 0 atom stereocenters. The summed E-state index contributed by atoms with van der Waals surface area (Å²) in [6.45, 7) is 3.97. The van der Waals surface area contributed by atoms with Gasteiger partial charge in [0.1, 0.15) is 0 Å². The van der Waals surface area contributed by atoms with E-state index in [1.54, 1.807) is 24.5 Å². The predicted octanol–water partition coefficient (Wildman–Crippen LogP) is 3.31. The second kappa shape index (κ2) is 6.79. The molecule has 5 heteroatoms. The Morgan fingerprint density at radius 3 is 2.46 bits per heavy atom. The highest BCUT2D eigenvalue weighted by Crippen LogP contribution is 2.22. The van der Waals surface area contributed by atoms with Crippen LogP contribution in [0.3, 0.4) is 0 Å². The van der Waals surface area contributed by atoms with Gasteiger partial charge in [0.05, 0.1) is 23.0 Å². The predicted molar refractivity (Wildman–Crippen MR) is 98.6 cm³/mol. The molecule has 0 spiro atoms. The molecule has 0 amide bonds. The summed E-state index contributed by atoms with van der Waals surface area (Å²) >= 11 is 1.40. The number of aliphatic hydroxyl groups is 1. The maximum absolute atomic E-state index is 12.9. The monoisotopic (exact) mass is 340 g/mol. The third-order valence-corrected chi connectivity index (χ3v) is 4.99. The molecule has 2 aromatic carbocycles. The van der Waals surface area contributed by atoms with E-state index in [9.17, 15) is 9.90 Å². The Balaban J connectivity index is 2.09. The molecule has 4 nitrogen and oxygen atoms in total. The molecule has 124 valence electrons. The van der Waals surface area contributed by atoms with Gasteiger partial charge in [0.15, 0.2) is 5.16 Å². The van der Waals surface area contributed by atoms with Crippen LogP contribution in [0, 0.1) is 0 Å². The number of thioether (sulfide) groups is 1. The SMILES string of the molecule is CC(C)(O)CSc1nc2ccccc2c(=O)n1Cc1ccccc1. The lowest BCUT2D eigenvalue weighted by Crippen LogP contribution is -2.26. The van der Waals surface area contributed by atoms with Crippen LogP contribution in [0.15, 0.2) is 64.5 Å². The zero-order valence-electron chi connectivity index (χ0n) is 13.8. The highest BCUT2D eigenvalue weighted by molar-refractivity contribution is 7.99. The van der Waals surface area contributed by atoms with Gasteiger partial charge in [-0.25, -0.2) is 4.98 Å². The molecule has 0 saturated heterocycles. The number of fused-ring (bicyclic) bond motifs is 1. The van der Waals surface area contributed by atoms with Crippen molar-refractivity contribution in [1.82, 2.24) is 9.55 Å². The molecule has 0 bridgehead atoms. The lowest BCUT2D eigenvalue weighted by Gasteiger charge is -2.18. The molecule has 0 fully saturated rings. The van der Waals surface area contributed by atoms with Gasteiger partial charge >= 0.3 is 0 Å². The second-order valence-corrected chi connectivity index (χ2v) is 7.33. The molecule has 1 heterocycles. The second-order valence-electron chi connectivity index (χ2n) is 6.39. The minimum atomic E-state index is -0.828. The Hall–Kier alpha value is -2.11. The van der Waals surface area contributed by atoms with Crippen LogP contribution >= 0.6 is 11.8 Å². The van der Waals surface area contributed by atoms with Gasteiger partial charge in [-0.3, -0.25) is 9.36 Å². The van der Waals surface area contributed by atoms with Crippen LogP contribution in [0.5, 0.6) is 0 Å². The van der Waals surface area contributed by atoms with Gasteiger partial charge in [0.25, 0.3) is 5.56 Å². The number of aromatic nitrogens is 2. The molecule has 0 radical (unpaired) electrons. The summed E-state index contributed by atoms with van der Waals surface area (Å²) in [6, 6.07) is 17.2. The molecular weight excluding hydrogens is 320 g/mol. The average molecular weight is 340 g/mol. The molecule has 0 unspecified atom stereocenters. The average Bonchev–Trinajstić information content (AvgIpc) is 2.56. The summed E-state index contributed by atoms with van der Waals surface area (Å²) in [5.41, 5.74) is 0.848. The van der Waals surface area contributed by atoms with Crippen molar-refractivity contribution >= 4 is 22.7 Å². The number of hydrogen-bond donors (Lipinski definition) is 1. The van der Waals surface area contributed by atoms with E-state index in [0.717, 1.165) is 5.56 Å². The maximum atomic E-state index is 12.9. The van der Waals surface area contributed by atoms with E-state index in [1.807, 2.05) is 48.5 Å². The molecule has 0 saturated carbocycles. The molecular formula is C19H20N2O2S. The third-order valence-electron chi connectivity index (χ3n) is 3.56. The van der Waals surface area contributed by atoms with Crippen LogP contribution in [0.2, 0.25) is 0 Å². The molecule has 0 aliphatic heterocycles. The van der Waals surface area contributed by atoms with Crippen LogP contribution in [0.1, 0.15) is 19.4 Å². The summed E-state index contributed by atoms with van der Waals surface area (Å²) in [6.07, 6.45) is 0. The number of para-hydroxylation sites is 1. The smallest absolute Gasteiger partial charge is 0.262 e. The first-order chi connectivity index (χ1) is 11.4. The molecule has 0 aliphatic carbocycles. The number of rotatable bonds is 5. The Morgan fingerprint density at radius 2 is 1.75 bits per heavy atom. The zero-order chi connectivity index (χ0) is 17.2. The third kappa shape index (κ3) is 3.86. The quantitative estimate of drug-likeness (QED) is 0.572. The summed E-state index contributed by atoms with van der Waals surface area (Å²) < 4.78 is 1.69. The highest BCUT2D eigenvalue weighted by Gasteiger charge is 2.17. The summed E-state index contributed by atoms with van der Waals surface area (Å²) in [5, 5.41) is 11.2. The number of benzene rings is 2. The van der Waals surface area contributed by atoms with Crippen molar-refractivity contribution in [1.29, 1.82) is 0 Å². The fraction of sp³-hybridized carbons (Fsp3) is 0.263. The minimum absolute atomic E-state index is 0.0531. The van der Waals surface area contributed by atoms with E-state index >= 15 is 0 Å². The van der Waals surface area contributed by atoms with E-state index in [-0.39, 0.29) is 5.56 Å². The lowest BCUT2D eigenvalue weighted by molar-refractivity contribution is 0.107. The van der Waals surface area contributed by atoms with Crippen molar-refractivity contribution in [3.63, 3.8) is 0 Å². The number of hydrogen-bond acceptors (Lipinski definition) is 4. The van der Waals surface area contributed by atoms with Gasteiger partial charge < -0.3 is 5.11 Å². The van der Waals surface area contributed by atoms with Crippen LogP contribution in [-0.2, 0) is 6.54 Å². The summed E-state index contributed by atoms with van der Waals surface area (Å²) in [5.74, 6) is 0.465. The van der Waals surface area contributed by atoms with E-state index in [4.69, 9.17) is 0 Å². The Morgan fingerprint density at radius 1 is 1.08 bits per heavy atom. The van der Waals surface area contributed by atoms with Crippen LogP contribution < -0.4 is 5.56 Å². The normalized spacial score (nSPS) is 11.8. The van der Waals surface area contributed by atoms with Crippen molar-refractivity contribution in [2.24, 2.45) is 0 Å². The molecule has 3 aromatic rings. The topological polar surface area (TPSA) is 55.1 Å².